The molecular formula is C15H17NO3. The molecule has 0 atom stereocenters. The van der Waals surface area contributed by atoms with Gasteiger partial charge in [-0.3, -0.25) is 0 Å². The Labute approximate surface area is 111 Å². The van der Waals surface area contributed by atoms with Gasteiger partial charge in [-0.1, -0.05) is 25.0 Å². The lowest BCUT2D eigenvalue weighted by atomic mass is 10.2. The predicted octanol–water partition coefficient (Wildman–Crippen LogP) is 3.36. The Kier molecular flexibility index (Phi) is 3.15. The van der Waals surface area contributed by atoms with Crippen molar-refractivity contribution in [2.45, 2.75) is 25.7 Å². The lowest BCUT2D eigenvalue weighted by molar-refractivity contribution is 0.0465. The van der Waals surface area contributed by atoms with Crippen molar-refractivity contribution in [3.63, 3.8) is 0 Å². The Bertz CT molecular complexity index is 598. The van der Waals surface area contributed by atoms with Gasteiger partial charge in [-0.05, 0) is 30.9 Å². The summed E-state index contributed by atoms with van der Waals surface area (Å²) >= 11 is 0. The molecule has 1 saturated carbocycles. The normalized spacial score (nSPS) is 14.7. The Morgan fingerprint density at radius 1 is 1.37 bits per heavy atom. The molecule has 0 spiro atoms. The summed E-state index contributed by atoms with van der Waals surface area (Å²) in [6, 6.07) is 7.32. The number of fused-ring (bicyclic) bond motifs is 1. The number of carbonyl (C=O) groups excluding carboxylic acids is 1. The topological polar surface area (TPSA) is 65.5 Å². The molecule has 0 bridgehead atoms. The van der Waals surface area contributed by atoms with Gasteiger partial charge in [-0.15, -0.1) is 0 Å². The maximum atomic E-state index is 11.9. The number of hydrogen-bond acceptors (Lipinski definition) is 4. The van der Waals surface area contributed by atoms with Gasteiger partial charge in [-0.2, -0.15) is 0 Å². The molecular weight excluding hydrogens is 242 g/mol. The van der Waals surface area contributed by atoms with Gasteiger partial charge >= 0.3 is 5.97 Å². The molecule has 2 aromatic rings. The summed E-state index contributed by atoms with van der Waals surface area (Å²) in [6.07, 6.45) is 4.70. The van der Waals surface area contributed by atoms with Crippen LogP contribution in [-0.4, -0.2) is 12.6 Å². The number of benzene rings is 1. The Morgan fingerprint density at radius 3 is 2.89 bits per heavy atom. The molecule has 3 rings (SSSR count). The minimum atomic E-state index is -0.468. The van der Waals surface area contributed by atoms with E-state index in [1.807, 2.05) is 18.2 Å². The van der Waals surface area contributed by atoms with Crippen molar-refractivity contribution >= 4 is 22.6 Å². The number of ether oxygens (including phenoxy) is 1. The Morgan fingerprint density at radius 2 is 2.16 bits per heavy atom. The van der Waals surface area contributed by atoms with E-state index >= 15 is 0 Å². The van der Waals surface area contributed by atoms with Gasteiger partial charge in [0.05, 0.1) is 12.3 Å². The molecule has 0 aliphatic heterocycles. The van der Waals surface area contributed by atoms with E-state index in [4.69, 9.17) is 14.9 Å². The summed E-state index contributed by atoms with van der Waals surface area (Å²) in [5.41, 5.74) is 6.89. The largest absolute Gasteiger partial charge is 0.460 e. The van der Waals surface area contributed by atoms with Gasteiger partial charge in [0.1, 0.15) is 5.58 Å². The predicted molar refractivity (Wildman–Crippen MR) is 72.9 cm³/mol. The number of furan rings is 1. The Hall–Kier alpha value is -1.97. The number of esters is 1. The number of rotatable bonds is 5. The highest BCUT2D eigenvalue weighted by molar-refractivity contribution is 6.03. The van der Waals surface area contributed by atoms with E-state index in [0.29, 0.717) is 17.9 Å². The van der Waals surface area contributed by atoms with E-state index in [-0.39, 0.29) is 5.76 Å². The molecule has 1 aliphatic carbocycles. The van der Waals surface area contributed by atoms with E-state index < -0.39 is 5.97 Å². The van der Waals surface area contributed by atoms with Crippen molar-refractivity contribution in [3.05, 3.63) is 30.0 Å². The van der Waals surface area contributed by atoms with E-state index in [0.717, 1.165) is 24.1 Å². The molecule has 4 heteroatoms. The van der Waals surface area contributed by atoms with E-state index in [9.17, 15) is 4.79 Å². The number of hydrogen-bond donors (Lipinski definition) is 1. The van der Waals surface area contributed by atoms with Crippen molar-refractivity contribution < 1.29 is 13.9 Å². The van der Waals surface area contributed by atoms with Crippen LogP contribution in [0.3, 0.4) is 0 Å². The number of para-hydroxylation sites is 1. The first-order valence-electron chi connectivity index (χ1n) is 6.70. The first-order chi connectivity index (χ1) is 9.25. The molecule has 1 heterocycles. The van der Waals surface area contributed by atoms with Crippen molar-refractivity contribution in [2.75, 3.05) is 12.3 Å². The van der Waals surface area contributed by atoms with Gasteiger partial charge in [0.25, 0.3) is 0 Å². The molecule has 19 heavy (non-hydrogen) atoms. The summed E-state index contributed by atoms with van der Waals surface area (Å²) in [6.45, 7) is 0.436. The zero-order valence-corrected chi connectivity index (χ0v) is 10.7. The van der Waals surface area contributed by atoms with Crippen LogP contribution in [0.1, 0.15) is 36.2 Å². The monoisotopic (exact) mass is 259 g/mol. The number of nitrogen functional groups attached to an aromatic ring is 1. The van der Waals surface area contributed by atoms with Gasteiger partial charge in [0.15, 0.2) is 0 Å². The summed E-state index contributed by atoms with van der Waals surface area (Å²) < 4.78 is 10.7. The van der Waals surface area contributed by atoms with Crippen LogP contribution in [0.2, 0.25) is 0 Å². The highest BCUT2D eigenvalue weighted by Crippen LogP contribution is 2.33. The number of anilines is 1. The van der Waals surface area contributed by atoms with Crippen molar-refractivity contribution in [1.82, 2.24) is 0 Å². The van der Waals surface area contributed by atoms with Crippen LogP contribution in [0.15, 0.2) is 28.7 Å². The third kappa shape index (κ3) is 2.57. The molecule has 1 aliphatic rings. The zero-order chi connectivity index (χ0) is 13.2. The molecule has 0 unspecified atom stereocenters. The maximum Gasteiger partial charge on any atom is 0.376 e. The SMILES string of the molecule is Nc1c(C(=O)OCCCC2CC2)oc2ccccc12. The first-order valence-corrected chi connectivity index (χ1v) is 6.70. The lowest BCUT2D eigenvalue weighted by Crippen LogP contribution is -2.07. The molecule has 1 fully saturated rings. The average Bonchev–Trinajstić information content (AvgIpc) is 3.19. The maximum absolute atomic E-state index is 11.9. The highest BCUT2D eigenvalue weighted by atomic mass is 16.5. The molecule has 100 valence electrons. The third-order valence-electron chi connectivity index (χ3n) is 3.51. The number of carbonyl (C=O) groups is 1. The fourth-order valence-electron chi connectivity index (χ4n) is 2.23. The van der Waals surface area contributed by atoms with Gasteiger partial charge in [0.2, 0.25) is 5.76 Å². The summed E-state index contributed by atoms with van der Waals surface area (Å²) in [5, 5.41) is 0.757. The van der Waals surface area contributed by atoms with Crippen LogP contribution in [0, 0.1) is 5.92 Å². The second-order valence-corrected chi connectivity index (χ2v) is 5.06. The fourth-order valence-corrected chi connectivity index (χ4v) is 2.23. The summed E-state index contributed by atoms with van der Waals surface area (Å²) in [5.74, 6) is 0.507. The minimum absolute atomic E-state index is 0.118. The summed E-state index contributed by atoms with van der Waals surface area (Å²) in [7, 11) is 0. The molecule has 4 nitrogen and oxygen atoms in total. The molecule has 0 amide bonds. The molecule has 0 saturated heterocycles. The quantitative estimate of drug-likeness (QED) is 0.660. The third-order valence-corrected chi connectivity index (χ3v) is 3.51. The second kappa shape index (κ2) is 4.96. The molecule has 1 aromatic carbocycles. The van der Waals surface area contributed by atoms with Crippen LogP contribution >= 0.6 is 0 Å². The van der Waals surface area contributed by atoms with E-state index in [2.05, 4.69) is 0 Å². The minimum Gasteiger partial charge on any atom is -0.460 e. The van der Waals surface area contributed by atoms with Gasteiger partial charge in [-0.25, -0.2) is 4.79 Å². The highest BCUT2D eigenvalue weighted by Gasteiger charge is 2.22. The summed E-state index contributed by atoms with van der Waals surface area (Å²) in [4.78, 5) is 11.9. The van der Waals surface area contributed by atoms with Crippen LogP contribution in [0.5, 0.6) is 0 Å². The first kappa shape index (κ1) is 12.1. The number of nitrogens with two attached hydrogens (primary N) is 1. The van der Waals surface area contributed by atoms with Crippen LogP contribution in [0.25, 0.3) is 11.0 Å². The van der Waals surface area contributed by atoms with Crippen molar-refractivity contribution in [3.8, 4) is 0 Å². The van der Waals surface area contributed by atoms with Crippen molar-refractivity contribution in [2.24, 2.45) is 5.92 Å². The van der Waals surface area contributed by atoms with Gasteiger partial charge < -0.3 is 14.9 Å². The fraction of sp³-hybridized carbons (Fsp3) is 0.400. The Balaban J connectivity index is 1.65. The zero-order valence-electron chi connectivity index (χ0n) is 10.7. The van der Waals surface area contributed by atoms with Crippen molar-refractivity contribution in [1.29, 1.82) is 0 Å². The van der Waals surface area contributed by atoms with Crippen LogP contribution in [-0.2, 0) is 4.74 Å². The van der Waals surface area contributed by atoms with E-state index in [1.54, 1.807) is 6.07 Å². The van der Waals surface area contributed by atoms with E-state index in [1.165, 1.54) is 12.8 Å². The molecule has 2 N–H and O–H groups in total. The lowest BCUT2D eigenvalue weighted by Gasteiger charge is -2.02. The smallest absolute Gasteiger partial charge is 0.376 e. The average molecular weight is 259 g/mol. The molecule has 1 aromatic heterocycles. The van der Waals surface area contributed by atoms with Gasteiger partial charge in [0, 0.05) is 5.39 Å². The standard InChI is InChI=1S/C15H17NO3/c16-13-11-5-1-2-6-12(11)19-14(13)15(17)18-9-3-4-10-7-8-10/h1-2,5-6,10H,3-4,7-9,16H2. The second-order valence-electron chi connectivity index (χ2n) is 5.06. The van der Waals surface area contributed by atoms with Crippen LogP contribution in [0.4, 0.5) is 5.69 Å². The molecule has 0 radical (unpaired) electrons. The van der Waals surface area contributed by atoms with Crippen LogP contribution < -0.4 is 5.73 Å².